The molecular weight excluding hydrogens is 266 g/mol. The summed E-state index contributed by atoms with van der Waals surface area (Å²) in [5.41, 5.74) is 6.15. The number of rotatable bonds is 1. The van der Waals surface area contributed by atoms with Crippen molar-refractivity contribution in [2.45, 2.75) is 13.0 Å². The van der Waals surface area contributed by atoms with Crippen LogP contribution in [0.5, 0.6) is 11.5 Å². The number of benzene rings is 1. The monoisotopic (exact) mass is 285 g/mol. The number of hydrogen-bond donors (Lipinski definition) is 1. The van der Waals surface area contributed by atoms with Crippen LogP contribution in [-0.2, 0) is 0 Å². The normalized spacial score (nSPS) is 24.6. The summed E-state index contributed by atoms with van der Waals surface area (Å²) in [6.45, 7) is 5.19. The minimum absolute atomic E-state index is 0.208. The highest BCUT2D eigenvalue weighted by Crippen LogP contribution is 2.38. The molecule has 2 unspecified atom stereocenters. The lowest BCUT2D eigenvalue weighted by molar-refractivity contribution is 0.172. The standard InChI is InChI=1S/C16H19N3O2/c1-10-8-19(9-13(10)17)16-12-7-15-14(20-4-5-21-15)6-11(12)2-3-18-16/h2-3,6-7,10,13H,4-5,8-9,17H2,1H3. The number of fused-ring (bicyclic) bond motifs is 2. The summed E-state index contributed by atoms with van der Waals surface area (Å²) < 4.78 is 11.3. The van der Waals surface area contributed by atoms with E-state index in [1.165, 1.54) is 0 Å². The maximum Gasteiger partial charge on any atom is 0.162 e. The molecule has 1 aromatic heterocycles. The van der Waals surface area contributed by atoms with Crippen LogP contribution in [0.25, 0.3) is 10.8 Å². The number of hydrogen-bond acceptors (Lipinski definition) is 5. The van der Waals surface area contributed by atoms with Gasteiger partial charge in [0.05, 0.1) is 0 Å². The lowest BCUT2D eigenvalue weighted by Crippen LogP contribution is -2.28. The minimum Gasteiger partial charge on any atom is -0.486 e. The van der Waals surface area contributed by atoms with Crippen LogP contribution in [0.15, 0.2) is 24.4 Å². The van der Waals surface area contributed by atoms with Crippen molar-refractivity contribution in [3.8, 4) is 11.5 Å². The lowest BCUT2D eigenvalue weighted by Gasteiger charge is -2.22. The van der Waals surface area contributed by atoms with Gasteiger partial charge in [-0.2, -0.15) is 0 Å². The molecule has 0 saturated carbocycles. The first-order valence-electron chi connectivity index (χ1n) is 7.41. The molecule has 5 nitrogen and oxygen atoms in total. The molecule has 110 valence electrons. The van der Waals surface area contributed by atoms with Crippen LogP contribution in [-0.4, -0.2) is 37.3 Å². The van der Waals surface area contributed by atoms with Gasteiger partial charge in [-0.1, -0.05) is 6.92 Å². The highest BCUT2D eigenvalue weighted by Gasteiger charge is 2.28. The first-order valence-corrected chi connectivity index (χ1v) is 7.41. The van der Waals surface area contributed by atoms with Crippen LogP contribution in [0.4, 0.5) is 5.82 Å². The molecule has 5 heteroatoms. The van der Waals surface area contributed by atoms with Crippen molar-refractivity contribution >= 4 is 16.6 Å². The molecule has 0 aliphatic carbocycles. The molecule has 2 N–H and O–H groups in total. The lowest BCUT2D eigenvalue weighted by atomic mass is 10.1. The Hall–Kier alpha value is -2.01. The van der Waals surface area contributed by atoms with Gasteiger partial charge in [-0.15, -0.1) is 0 Å². The van der Waals surface area contributed by atoms with Crippen molar-refractivity contribution in [3.05, 3.63) is 24.4 Å². The molecule has 4 rings (SSSR count). The minimum atomic E-state index is 0.208. The van der Waals surface area contributed by atoms with Gasteiger partial charge in [0.15, 0.2) is 11.5 Å². The largest absolute Gasteiger partial charge is 0.486 e. The highest BCUT2D eigenvalue weighted by atomic mass is 16.6. The number of aromatic nitrogens is 1. The smallest absolute Gasteiger partial charge is 0.162 e. The molecule has 0 spiro atoms. The fourth-order valence-electron chi connectivity index (χ4n) is 3.11. The zero-order chi connectivity index (χ0) is 14.4. The molecule has 0 amide bonds. The van der Waals surface area contributed by atoms with Gasteiger partial charge in [-0.25, -0.2) is 4.98 Å². The predicted molar refractivity (Wildman–Crippen MR) is 82.1 cm³/mol. The SMILES string of the molecule is CC1CN(c2nccc3cc4c(cc23)OCCO4)CC1N. The van der Waals surface area contributed by atoms with Crippen molar-refractivity contribution in [2.24, 2.45) is 11.7 Å². The summed E-state index contributed by atoms with van der Waals surface area (Å²) in [5.74, 6) is 3.10. The third kappa shape index (κ3) is 2.08. The van der Waals surface area contributed by atoms with E-state index >= 15 is 0 Å². The fraction of sp³-hybridized carbons (Fsp3) is 0.438. The van der Waals surface area contributed by atoms with Gasteiger partial charge in [0, 0.05) is 30.7 Å². The molecule has 2 aliphatic rings. The van der Waals surface area contributed by atoms with Gasteiger partial charge in [0.25, 0.3) is 0 Å². The summed E-state index contributed by atoms with van der Waals surface area (Å²) in [5, 5.41) is 2.22. The summed E-state index contributed by atoms with van der Waals surface area (Å²) >= 11 is 0. The van der Waals surface area contributed by atoms with Crippen molar-refractivity contribution in [1.82, 2.24) is 4.98 Å². The van der Waals surface area contributed by atoms with E-state index in [1.807, 2.05) is 24.4 Å². The van der Waals surface area contributed by atoms with Gasteiger partial charge in [0.2, 0.25) is 0 Å². The van der Waals surface area contributed by atoms with E-state index in [1.54, 1.807) is 0 Å². The maximum atomic E-state index is 6.15. The van der Waals surface area contributed by atoms with E-state index in [0.717, 1.165) is 41.2 Å². The van der Waals surface area contributed by atoms with Crippen LogP contribution in [0.1, 0.15) is 6.92 Å². The van der Waals surface area contributed by atoms with E-state index in [9.17, 15) is 0 Å². The second-order valence-corrected chi connectivity index (χ2v) is 5.90. The van der Waals surface area contributed by atoms with Gasteiger partial charge < -0.3 is 20.1 Å². The van der Waals surface area contributed by atoms with Crippen molar-refractivity contribution in [2.75, 3.05) is 31.2 Å². The number of ether oxygens (including phenoxy) is 2. The van der Waals surface area contributed by atoms with E-state index in [4.69, 9.17) is 15.2 Å². The van der Waals surface area contributed by atoms with Crippen LogP contribution in [0.2, 0.25) is 0 Å². The summed E-state index contributed by atoms with van der Waals surface area (Å²) in [6, 6.07) is 6.30. The van der Waals surface area contributed by atoms with Gasteiger partial charge in [-0.05, 0) is 29.5 Å². The predicted octanol–water partition coefficient (Wildman–Crippen LogP) is 1.79. The van der Waals surface area contributed by atoms with Crippen molar-refractivity contribution < 1.29 is 9.47 Å². The molecule has 2 aliphatic heterocycles. The second-order valence-electron chi connectivity index (χ2n) is 5.90. The Labute approximate surface area is 123 Å². The van der Waals surface area contributed by atoms with Gasteiger partial charge >= 0.3 is 0 Å². The van der Waals surface area contributed by atoms with Crippen molar-refractivity contribution in [3.63, 3.8) is 0 Å². The summed E-state index contributed by atoms with van der Waals surface area (Å²) in [6.07, 6.45) is 1.85. The zero-order valence-corrected chi connectivity index (χ0v) is 12.1. The topological polar surface area (TPSA) is 60.6 Å². The molecule has 1 saturated heterocycles. The molecule has 1 aromatic carbocycles. The Morgan fingerprint density at radius 1 is 1.19 bits per heavy atom. The quantitative estimate of drug-likeness (QED) is 0.865. The number of pyridine rings is 1. The van der Waals surface area contributed by atoms with Gasteiger partial charge in [-0.3, -0.25) is 0 Å². The molecule has 2 atom stereocenters. The molecule has 2 aromatic rings. The van der Waals surface area contributed by atoms with Crippen LogP contribution in [0, 0.1) is 5.92 Å². The summed E-state index contributed by atoms with van der Waals surface area (Å²) in [4.78, 5) is 6.85. The molecular formula is C16H19N3O2. The fourth-order valence-corrected chi connectivity index (χ4v) is 3.11. The Morgan fingerprint density at radius 2 is 1.95 bits per heavy atom. The van der Waals surface area contributed by atoms with Gasteiger partial charge in [0.1, 0.15) is 19.0 Å². The highest BCUT2D eigenvalue weighted by molar-refractivity contribution is 5.94. The maximum absolute atomic E-state index is 6.15. The number of nitrogens with zero attached hydrogens (tertiary/aromatic N) is 2. The molecule has 0 bridgehead atoms. The average molecular weight is 285 g/mol. The Balaban J connectivity index is 1.82. The van der Waals surface area contributed by atoms with E-state index in [2.05, 4.69) is 16.8 Å². The Bertz CT molecular complexity index is 679. The van der Waals surface area contributed by atoms with Crippen LogP contribution < -0.4 is 20.1 Å². The average Bonchev–Trinajstić information content (AvgIpc) is 2.84. The Morgan fingerprint density at radius 3 is 2.67 bits per heavy atom. The molecule has 0 radical (unpaired) electrons. The van der Waals surface area contributed by atoms with Crippen LogP contribution >= 0.6 is 0 Å². The van der Waals surface area contributed by atoms with E-state index in [0.29, 0.717) is 19.1 Å². The second kappa shape index (κ2) is 4.77. The zero-order valence-electron chi connectivity index (χ0n) is 12.1. The summed E-state index contributed by atoms with van der Waals surface area (Å²) in [7, 11) is 0. The third-order valence-corrected chi connectivity index (χ3v) is 4.38. The van der Waals surface area contributed by atoms with E-state index < -0.39 is 0 Å². The third-order valence-electron chi connectivity index (χ3n) is 4.38. The van der Waals surface area contributed by atoms with Crippen LogP contribution in [0.3, 0.4) is 0 Å². The number of nitrogens with two attached hydrogens (primary N) is 1. The molecule has 1 fully saturated rings. The first kappa shape index (κ1) is 12.7. The van der Waals surface area contributed by atoms with Crippen molar-refractivity contribution in [1.29, 1.82) is 0 Å². The first-order chi connectivity index (χ1) is 10.2. The number of anilines is 1. The molecule has 3 heterocycles. The molecule has 21 heavy (non-hydrogen) atoms. The Kier molecular flexibility index (Phi) is 2.89. The van der Waals surface area contributed by atoms with E-state index in [-0.39, 0.29) is 6.04 Å².